The van der Waals surface area contributed by atoms with Crippen LogP contribution >= 0.6 is 11.3 Å². The lowest BCUT2D eigenvalue weighted by Gasteiger charge is -1.96. The lowest BCUT2D eigenvalue weighted by atomic mass is 10.3. The molecule has 0 saturated heterocycles. The molecule has 0 aromatic carbocycles. The lowest BCUT2D eigenvalue weighted by Crippen LogP contribution is -2.01. The number of thiazole rings is 1. The van der Waals surface area contributed by atoms with Gasteiger partial charge in [-0.2, -0.15) is 0 Å². The number of ether oxygens (including phenoxy) is 1. The first-order valence-electron chi connectivity index (χ1n) is 5.31. The third-order valence-corrected chi connectivity index (χ3v) is 3.38. The van der Waals surface area contributed by atoms with Crippen LogP contribution in [0.2, 0.25) is 0 Å². The van der Waals surface area contributed by atoms with Gasteiger partial charge in [-0.3, -0.25) is 9.78 Å². The Morgan fingerprint density at radius 1 is 1.50 bits per heavy atom. The molecule has 94 valence electrons. The van der Waals surface area contributed by atoms with Gasteiger partial charge < -0.3 is 9.84 Å². The monoisotopic (exact) mass is 264 g/mol. The molecule has 0 amide bonds. The van der Waals surface area contributed by atoms with Gasteiger partial charge in [0.15, 0.2) is 0 Å². The number of nitrogens with zero attached hydrogens (tertiary/aromatic N) is 2. The van der Waals surface area contributed by atoms with Gasteiger partial charge in [-0.25, -0.2) is 4.98 Å². The molecule has 6 heteroatoms. The third kappa shape index (κ3) is 2.91. The second-order valence-electron chi connectivity index (χ2n) is 3.61. The van der Waals surface area contributed by atoms with E-state index >= 15 is 0 Å². The maximum Gasteiger partial charge on any atom is 0.308 e. The molecule has 0 radical (unpaired) electrons. The highest BCUT2D eigenvalue weighted by Crippen LogP contribution is 2.27. The zero-order valence-corrected chi connectivity index (χ0v) is 10.6. The lowest BCUT2D eigenvalue weighted by molar-refractivity contribution is -0.136. The van der Waals surface area contributed by atoms with Gasteiger partial charge in [0, 0.05) is 18.2 Å². The molecule has 0 atom stereocenters. The first-order valence-corrected chi connectivity index (χ1v) is 6.13. The molecule has 0 aliphatic rings. The molecule has 18 heavy (non-hydrogen) atoms. The second-order valence-corrected chi connectivity index (χ2v) is 4.69. The van der Waals surface area contributed by atoms with E-state index in [1.165, 1.54) is 11.3 Å². The van der Waals surface area contributed by atoms with Gasteiger partial charge in [0.2, 0.25) is 0 Å². The number of hydrogen-bond donors (Lipinski definition) is 1. The van der Waals surface area contributed by atoms with Crippen molar-refractivity contribution in [3.05, 3.63) is 35.0 Å². The number of methoxy groups -OCH3 is 1. The molecule has 2 rings (SSSR count). The Morgan fingerprint density at radius 3 is 2.94 bits per heavy atom. The fraction of sp³-hybridized carbons (Fsp3) is 0.250. The summed E-state index contributed by atoms with van der Waals surface area (Å²) < 4.78 is 5.03. The van der Waals surface area contributed by atoms with Gasteiger partial charge >= 0.3 is 5.97 Å². The number of aromatic nitrogens is 2. The molecule has 0 spiro atoms. The van der Waals surface area contributed by atoms with Gasteiger partial charge in [-0.15, -0.1) is 11.3 Å². The highest BCUT2D eigenvalue weighted by molar-refractivity contribution is 7.15. The molecule has 1 N–H and O–H groups in total. The van der Waals surface area contributed by atoms with E-state index in [-0.39, 0.29) is 6.42 Å². The van der Waals surface area contributed by atoms with Gasteiger partial charge in [-0.05, 0) is 12.1 Å². The minimum absolute atomic E-state index is 0.0385. The summed E-state index contributed by atoms with van der Waals surface area (Å²) in [7, 11) is 1.56. The third-order valence-electron chi connectivity index (χ3n) is 2.26. The molecule has 0 bridgehead atoms. The van der Waals surface area contributed by atoms with Crippen molar-refractivity contribution in [1.29, 1.82) is 0 Å². The van der Waals surface area contributed by atoms with Crippen LogP contribution in [-0.2, 0) is 22.6 Å². The Hall–Kier alpha value is -1.79. The number of rotatable bonds is 5. The Morgan fingerprint density at radius 2 is 2.33 bits per heavy atom. The number of carboxylic acid groups (broad SMARTS) is 1. The summed E-state index contributed by atoms with van der Waals surface area (Å²) in [6.45, 7) is 0.311. The van der Waals surface area contributed by atoms with Gasteiger partial charge in [0.25, 0.3) is 0 Å². The maximum absolute atomic E-state index is 10.8. The van der Waals surface area contributed by atoms with E-state index in [0.29, 0.717) is 17.2 Å². The maximum atomic E-state index is 10.8. The summed E-state index contributed by atoms with van der Waals surface area (Å²) in [5.74, 6) is -0.872. The second kappa shape index (κ2) is 5.70. The van der Waals surface area contributed by atoms with Crippen molar-refractivity contribution in [3.8, 4) is 10.7 Å². The highest BCUT2D eigenvalue weighted by atomic mass is 32.1. The van der Waals surface area contributed by atoms with E-state index in [2.05, 4.69) is 9.97 Å². The van der Waals surface area contributed by atoms with Crippen molar-refractivity contribution in [1.82, 2.24) is 9.97 Å². The summed E-state index contributed by atoms with van der Waals surface area (Å²) in [5, 5.41) is 9.58. The fourth-order valence-corrected chi connectivity index (χ4v) is 2.54. The Balaban J connectivity index is 2.35. The zero-order chi connectivity index (χ0) is 13.0. The number of carboxylic acids is 1. The molecule has 2 aromatic rings. The number of carbonyl (C=O) groups is 1. The van der Waals surface area contributed by atoms with Crippen LogP contribution in [0.25, 0.3) is 10.7 Å². The molecule has 0 aliphatic carbocycles. The molecule has 2 heterocycles. The SMILES string of the molecule is COCc1nc(-c2ccccn2)sc1CC(=O)O. The smallest absolute Gasteiger partial charge is 0.308 e. The van der Waals surface area contributed by atoms with Crippen molar-refractivity contribution < 1.29 is 14.6 Å². The topological polar surface area (TPSA) is 72.3 Å². The quantitative estimate of drug-likeness (QED) is 0.894. The van der Waals surface area contributed by atoms with Crippen LogP contribution in [0.3, 0.4) is 0 Å². The summed E-state index contributed by atoms with van der Waals surface area (Å²) in [6, 6.07) is 5.54. The van der Waals surface area contributed by atoms with E-state index in [1.54, 1.807) is 13.3 Å². The summed E-state index contributed by atoms with van der Waals surface area (Å²) in [6.07, 6.45) is 1.65. The Labute approximate surface area is 108 Å². The van der Waals surface area contributed by atoms with Gasteiger partial charge in [0.05, 0.1) is 24.4 Å². The van der Waals surface area contributed by atoms with E-state index in [1.807, 2.05) is 18.2 Å². The summed E-state index contributed by atoms with van der Waals surface area (Å²) >= 11 is 1.35. The van der Waals surface area contributed by atoms with Crippen LogP contribution < -0.4 is 0 Å². The van der Waals surface area contributed by atoms with Gasteiger partial charge in [0.1, 0.15) is 5.01 Å². The van der Waals surface area contributed by atoms with Crippen molar-refractivity contribution in [2.75, 3.05) is 7.11 Å². The van der Waals surface area contributed by atoms with Crippen molar-refractivity contribution in [3.63, 3.8) is 0 Å². The molecule has 0 unspecified atom stereocenters. The minimum atomic E-state index is -0.872. The van der Waals surface area contributed by atoms with Crippen molar-refractivity contribution >= 4 is 17.3 Å². The average Bonchev–Trinajstić information content (AvgIpc) is 2.73. The molecule has 0 saturated carbocycles. The van der Waals surface area contributed by atoms with E-state index in [0.717, 1.165) is 10.7 Å². The highest BCUT2D eigenvalue weighted by Gasteiger charge is 2.15. The molecular weight excluding hydrogens is 252 g/mol. The number of aliphatic carboxylic acids is 1. The largest absolute Gasteiger partial charge is 0.481 e. The Kier molecular flexibility index (Phi) is 4.01. The summed E-state index contributed by atoms with van der Waals surface area (Å²) in [5.41, 5.74) is 1.42. The Bertz CT molecular complexity index is 540. The predicted octanol–water partition coefficient (Wildman–Crippen LogP) is 1.98. The first kappa shape index (κ1) is 12.7. The summed E-state index contributed by atoms with van der Waals surface area (Å²) in [4.78, 5) is 20.1. The zero-order valence-electron chi connectivity index (χ0n) is 9.79. The van der Waals surface area contributed by atoms with E-state index in [9.17, 15) is 4.79 Å². The van der Waals surface area contributed by atoms with Crippen LogP contribution in [0, 0.1) is 0 Å². The van der Waals surface area contributed by atoms with Crippen molar-refractivity contribution in [2.45, 2.75) is 13.0 Å². The fourth-order valence-electron chi connectivity index (χ4n) is 1.51. The molecule has 2 aromatic heterocycles. The van der Waals surface area contributed by atoms with Crippen LogP contribution in [0.4, 0.5) is 0 Å². The average molecular weight is 264 g/mol. The van der Waals surface area contributed by atoms with Crippen LogP contribution in [-0.4, -0.2) is 28.2 Å². The van der Waals surface area contributed by atoms with Gasteiger partial charge in [-0.1, -0.05) is 6.07 Å². The normalized spacial score (nSPS) is 10.5. The predicted molar refractivity (Wildman–Crippen MR) is 67.4 cm³/mol. The molecule has 0 aliphatic heterocycles. The molecule has 5 nitrogen and oxygen atoms in total. The van der Waals surface area contributed by atoms with Crippen molar-refractivity contribution in [2.24, 2.45) is 0 Å². The minimum Gasteiger partial charge on any atom is -0.481 e. The first-order chi connectivity index (χ1) is 8.70. The van der Waals surface area contributed by atoms with Crippen LogP contribution in [0.5, 0.6) is 0 Å². The molecule has 0 fully saturated rings. The van der Waals surface area contributed by atoms with E-state index in [4.69, 9.17) is 9.84 Å². The number of hydrogen-bond acceptors (Lipinski definition) is 5. The molecular formula is C12H12N2O3S. The standard InChI is InChI=1S/C12H12N2O3S/c1-17-7-9-10(6-11(15)16)18-12(14-9)8-4-2-3-5-13-8/h2-5H,6-7H2,1H3,(H,15,16). The van der Waals surface area contributed by atoms with E-state index < -0.39 is 5.97 Å². The number of pyridine rings is 1. The van der Waals surface area contributed by atoms with Crippen LogP contribution in [0.15, 0.2) is 24.4 Å². The van der Waals surface area contributed by atoms with Crippen LogP contribution in [0.1, 0.15) is 10.6 Å².